The predicted octanol–water partition coefficient (Wildman–Crippen LogP) is 5.09. The molecule has 1 fully saturated rings. The van der Waals surface area contributed by atoms with Gasteiger partial charge in [0.2, 0.25) is 0 Å². The van der Waals surface area contributed by atoms with Gasteiger partial charge in [-0.3, -0.25) is 0 Å². The van der Waals surface area contributed by atoms with Crippen LogP contribution >= 0.6 is 0 Å². The highest BCUT2D eigenvalue weighted by Gasteiger charge is 2.15. The fourth-order valence-electron chi connectivity index (χ4n) is 3.07. The minimum Gasteiger partial charge on any atom is -0.457 e. The summed E-state index contributed by atoms with van der Waals surface area (Å²) in [5, 5.41) is 0. The zero-order valence-electron chi connectivity index (χ0n) is 13.3. The molecule has 112 valence electrons. The van der Waals surface area contributed by atoms with Crippen molar-refractivity contribution in [2.24, 2.45) is 0 Å². The summed E-state index contributed by atoms with van der Waals surface area (Å²) >= 11 is 0. The molecule has 0 saturated carbocycles. The summed E-state index contributed by atoms with van der Waals surface area (Å²) in [4.78, 5) is 2.49. The van der Waals surface area contributed by atoms with Crippen molar-refractivity contribution in [2.45, 2.75) is 64.8 Å². The minimum atomic E-state index is 0.888. The number of fused-ring (bicyclic) bond motifs is 2. The molecular weight excluding hydrogens is 246 g/mol. The van der Waals surface area contributed by atoms with Gasteiger partial charge in [0.1, 0.15) is 11.2 Å². The molecule has 2 aromatic heterocycles. The number of benzene rings is 1. The van der Waals surface area contributed by atoms with Crippen molar-refractivity contribution in [3.63, 3.8) is 0 Å². The van der Waals surface area contributed by atoms with Crippen LogP contribution in [0, 0.1) is 0 Å². The third kappa shape index (κ3) is 3.99. The van der Waals surface area contributed by atoms with Gasteiger partial charge >= 0.3 is 0 Å². The summed E-state index contributed by atoms with van der Waals surface area (Å²) in [5.74, 6) is 0. The van der Waals surface area contributed by atoms with Crippen molar-refractivity contribution in [3.8, 4) is 0 Å². The van der Waals surface area contributed by atoms with Crippen LogP contribution in [-0.2, 0) is 6.42 Å². The second-order valence-corrected chi connectivity index (χ2v) is 6.01. The fourth-order valence-corrected chi connectivity index (χ4v) is 3.07. The molecule has 2 nitrogen and oxygen atoms in total. The lowest BCUT2D eigenvalue weighted by Crippen LogP contribution is -2.35. The van der Waals surface area contributed by atoms with Crippen LogP contribution in [0.3, 0.4) is 0 Å². The average Bonchev–Trinajstić information content (AvgIpc) is 3.09. The van der Waals surface area contributed by atoms with Gasteiger partial charge in [-0.1, -0.05) is 26.7 Å². The average molecular weight is 275 g/mol. The van der Waals surface area contributed by atoms with Crippen LogP contribution in [0.25, 0.3) is 11.2 Å². The molecule has 2 heteroatoms. The molecule has 3 rings (SSSR count). The molecule has 1 aliphatic rings. The predicted molar refractivity (Wildman–Crippen MR) is 86.6 cm³/mol. The highest BCUT2D eigenvalue weighted by atomic mass is 16.3. The van der Waals surface area contributed by atoms with E-state index in [1.807, 2.05) is 6.07 Å². The molecule has 0 N–H and O–H groups in total. The lowest BCUT2D eigenvalue weighted by Gasteiger charge is -2.31. The third-order valence-electron chi connectivity index (χ3n) is 4.45. The van der Waals surface area contributed by atoms with Gasteiger partial charge in [0.05, 0.1) is 0 Å². The zero-order chi connectivity index (χ0) is 14.4. The molecule has 0 amide bonds. The summed E-state index contributed by atoms with van der Waals surface area (Å²) < 4.78 is 5.41. The first-order chi connectivity index (χ1) is 9.74. The monoisotopic (exact) mass is 275 g/mol. The molecule has 0 aromatic carbocycles. The lowest BCUT2D eigenvalue weighted by atomic mass is 10.0. The van der Waals surface area contributed by atoms with Crippen molar-refractivity contribution in [3.05, 3.63) is 23.8 Å². The minimum absolute atomic E-state index is 0.888. The number of hydrogen-bond acceptors (Lipinski definition) is 2. The number of rotatable bonds is 4. The van der Waals surface area contributed by atoms with E-state index in [-0.39, 0.29) is 0 Å². The molecule has 0 spiro atoms. The highest BCUT2D eigenvalue weighted by molar-refractivity contribution is 5.65. The maximum atomic E-state index is 5.41. The highest BCUT2D eigenvalue weighted by Crippen LogP contribution is 2.23. The lowest BCUT2D eigenvalue weighted by molar-refractivity contribution is 0.181. The topological polar surface area (TPSA) is 16.4 Å². The van der Waals surface area contributed by atoms with Gasteiger partial charge in [-0.25, -0.2) is 0 Å². The number of likely N-dealkylation sites (tertiary alicyclic amines) is 1. The Morgan fingerprint density at radius 1 is 1.25 bits per heavy atom. The maximum absolute atomic E-state index is 5.41. The Kier molecular flexibility index (Phi) is 5.90. The second kappa shape index (κ2) is 7.68. The van der Waals surface area contributed by atoms with Gasteiger partial charge in [0.15, 0.2) is 0 Å². The van der Waals surface area contributed by atoms with Gasteiger partial charge in [-0.2, -0.15) is 0 Å². The van der Waals surface area contributed by atoms with E-state index in [2.05, 4.69) is 37.9 Å². The number of nitrogens with zero attached hydrogens (tertiary/aromatic N) is 1. The van der Waals surface area contributed by atoms with E-state index in [4.69, 9.17) is 4.42 Å². The first-order valence-corrected chi connectivity index (χ1v) is 8.25. The Bertz CT molecular complexity index is 476. The van der Waals surface area contributed by atoms with Gasteiger partial charge in [-0.05, 0) is 69.5 Å². The summed E-state index contributed by atoms with van der Waals surface area (Å²) in [6.07, 6.45) is 9.29. The molecule has 2 aromatic rings. The molecule has 1 aliphatic heterocycles. The molecular formula is C18H29NO. The Labute approximate surface area is 123 Å². The third-order valence-corrected chi connectivity index (χ3v) is 4.45. The number of piperidine rings is 1. The van der Waals surface area contributed by atoms with Gasteiger partial charge in [-0.15, -0.1) is 0 Å². The van der Waals surface area contributed by atoms with Crippen LogP contribution in [0.5, 0.6) is 0 Å². The Morgan fingerprint density at radius 3 is 2.60 bits per heavy atom. The van der Waals surface area contributed by atoms with Crippen molar-refractivity contribution in [1.29, 1.82) is 0 Å². The van der Waals surface area contributed by atoms with Crippen LogP contribution in [0.1, 0.15) is 57.9 Å². The molecule has 3 heterocycles. The number of aryl methyl sites for hydroxylation is 1. The van der Waals surface area contributed by atoms with Crippen molar-refractivity contribution >= 4 is 11.2 Å². The molecule has 20 heavy (non-hydrogen) atoms. The maximum Gasteiger partial charge on any atom is 0.130 e. The van der Waals surface area contributed by atoms with E-state index in [9.17, 15) is 0 Å². The summed E-state index contributed by atoms with van der Waals surface area (Å²) in [6, 6.07) is 7.11. The van der Waals surface area contributed by atoms with Crippen molar-refractivity contribution < 1.29 is 4.42 Å². The van der Waals surface area contributed by atoms with Gasteiger partial charge in [0, 0.05) is 6.04 Å². The Hall–Kier alpha value is -1.02. The molecule has 1 saturated heterocycles. The van der Waals surface area contributed by atoms with E-state index >= 15 is 0 Å². The normalized spacial score (nSPS) is 20.1. The SMILES string of the molecule is CCC1CCCCN1C.CCCCc1cc2ccc1o2. The van der Waals surface area contributed by atoms with Crippen molar-refractivity contribution in [1.82, 2.24) is 4.90 Å². The quantitative estimate of drug-likeness (QED) is 0.772. The summed E-state index contributed by atoms with van der Waals surface area (Å²) in [6.45, 7) is 5.81. The van der Waals surface area contributed by atoms with Crippen LogP contribution in [0.2, 0.25) is 0 Å². The van der Waals surface area contributed by atoms with Crippen LogP contribution < -0.4 is 0 Å². The zero-order valence-corrected chi connectivity index (χ0v) is 13.3. The largest absolute Gasteiger partial charge is 0.457 e. The van der Waals surface area contributed by atoms with Crippen molar-refractivity contribution in [2.75, 3.05) is 13.6 Å². The number of unbranched alkanes of at least 4 members (excludes halogenated alkanes) is 1. The van der Waals surface area contributed by atoms with E-state index < -0.39 is 0 Å². The summed E-state index contributed by atoms with van der Waals surface area (Å²) in [7, 11) is 2.24. The Morgan fingerprint density at radius 2 is 2.10 bits per heavy atom. The van der Waals surface area contributed by atoms with E-state index in [0.29, 0.717) is 0 Å². The summed E-state index contributed by atoms with van der Waals surface area (Å²) in [5.41, 5.74) is 3.48. The van der Waals surface area contributed by atoms with E-state index in [0.717, 1.165) is 17.2 Å². The smallest absolute Gasteiger partial charge is 0.130 e. The first kappa shape index (κ1) is 15.4. The van der Waals surface area contributed by atoms with Crippen LogP contribution in [-0.4, -0.2) is 24.5 Å². The van der Waals surface area contributed by atoms with E-state index in [1.165, 1.54) is 57.1 Å². The Balaban J connectivity index is 0.000000151. The second-order valence-electron chi connectivity index (χ2n) is 6.01. The molecule has 1 atom stereocenters. The molecule has 2 bridgehead atoms. The number of furan rings is 2. The number of hydrogen-bond donors (Lipinski definition) is 0. The molecule has 0 radical (unpaired) electrons. The van der Waals surface area contributed by atoms with Gasteiger partial charge in [0.25, 0.3) is 0 Å². The standard InChI is InChI=1S/C10H12O.C8H17N/c1-2-3-4-8-7-9-5-6-10(8)11-9;1-3-8-6-4-5-7-9(8)2/h5-7H,2-4H2,1H3;8H,3-7H2,1-2H3. The van der Waals surface area contributed by atoms with Crippen LogP contribution in [0.15, 0.2) is 22.6 Å². The molecule has 1 unspecified atom stereocenters. The van der Waals surface area contributed by atoms with E-state index in [1.54, 1.807) is 0 Å². The molecule has 0 aliphatic carbocycles. The first-order valence-electron chi connectivity index (χ1n) is 8.25. The fraction of sp³-hybridized carbons (Fsp3) is 0.667. The van der Waals surface area contributed by atoms with Crippen LogP contribution in [0.4, 0.5) is 0 Å². The van der Waals surface area contributed by atoms with Gasteiger partial charge < -0.3 is 9.32 Å².